The van der Waals surface area contributed by atoms with Crippen LogP contribution in [0.15, 0.2) is 24.3 Å². The summed E-state index contributed by atoms with van der Waals surface area (Å²) in [5.74, 6) is 1.35. The fourth-order valence-electron chi connectivity index (χ4n) is 1.39. The smallest absolute Gasteiger partial charge is 0.138 e. The first kappa shape index (κ1) is 12.1. The third kappa shape index (κ3) is 2.87. The Bertz CT molecular complexity index is 538. The van der Waals surface area contributed by atoms with Gasteiger partial charge in [0.1, 0.15) is 16.8 Å². The van der Waals surface area contributed by atoms with Crippen molar-refractivity contribution in [3.05, 3.63) is 45.8 Å². The Labute approximate surface area is 110 Å². The Hall–Kier alpha value is -1.32. The van der Waals surface area contributed by atoms with Gasteiger partial charge in [-0.25, -0.2) is 9.97 Å². The molecule has 0 unspecified atom stereocenters. The molecule has 3 nitrogen and oxygen atoms in total. The minimum atomic E-state index is 0.467. The summed E-state index contributed by atoms with van der Waals surface area (Å²) in [6, 6.07) is 7.39. The maximum absolute atomic E-state index is 6.00. The maximum atomic E-state index is 6.00. The van der Waals surface area contributed by atoms with Gasteiger partial charge in [-0.3, -0.25) is 0 Å². The molecule has 1 aromatic heterocycles. The number of nitrogens with one attached hydrogen (secondary N) is 1. The van der Waals surface area contributed by atoms with E-state index < -0.39 is 0 Å². The summed E-state index contributed by atoms with van der Waals surface area (Å²) < 4.78 is 0. The average molecular weight is 268 g/mol. The molecular formula is C12H11Cl2N3. The molecule has 0 aliphatic heterocycles. The van der Waals surface area contributed by atoms with E-state index in [1.807, 2.05) is 31.2 Å². The van der Waals surface area contributed by atoms with Crippen LogP contribution >= 0.6 is 23.2 Å². The summed E-state index contributed by atoms with van der Waals surface area (Å²) in [4.78, 5) is 8.39. The number of anilines is 2. The van der Waals surface area contributed by atoms with Crippen LogP contribution in [0.5, 0.6) is 0 Å². The maximum Gasteiger partial charge on any atom is 0.138 e. The SMILES string of the molecule is Cc1nc(Cl)c(C)c(Nc2ccc(Cl)cc2)n1. The molecule has 1 heterocycles. The monoisotopic (exact) mass is 267 g/mol. The van der Waals surface area contributed by atoms with Gasteiger partial charge in [0, 0.05) is 16.3 Å². The molecule has 0 aliphatic rings. The summed E-state index contributed by atoms with van der Waals surface area (Å²) >= 11 is 11.8. The Balaban J connectivity index is 2.32. The first-order valence-corrected chi connectivity index (χ1v) is 5.85. The fourth-order valence-corrected chi connectivity index (χ4v) is 1.72. The highest BCUT2D eigenvalue weighted by atomic mass is 35.5. The molecule has 1 aromatic carbocycles. The second kappa shape index (κ2) is 4.90. The second-order valence-corrected chi connectivity index (χ2v) is 4.46. The lowest BCUT2D eigenvalue weighted by atomic mass is 10.3. The van der Waals surface area contributed by atoms with Crippen LogP contribution < -0.4 is 5.32 Å². The van der Waals surface area contributed by atoms with Crippen LogP contribution in [0.25, 0.3) is 0 Å². The van der Waals surface area contributed by atoms with Gasteiger partial charge in [0.15, 0.2) is 0 Å². The molecule has 2 aromatic rings. The lowest BCUT2D eigenvalue weighted by molar-refractivity contribution is 1.04. The van der Waals surface area contributed by atoms with Crippen molar-refractivity contribution in [2.75, 3.05) is 5.32 Å². The van der Waals surface area contributed by atoms with Gasteiger partial charge in [-0.2, -0.15) is 0 Å². The molecule has 17 heavy (non-hydrogen) atoms. The molecule has 0 saturated heterocycles. The average Bonchev–Trinajstić information content (AvgIpc) is 2.28. The normalized spacial score (nSPS) is 10.4. The molecule has 0 fully saturated rings. The molecule has 0 radical (unpaired) electrons. The van der Waals surface area contributed by atoms with E-state index in [4.69, 9.17) is 23.2 Å². The van der Waals surface area contributed by atoms with Crippen LogP contribution in [-0.2, 0) is 0 Å². The number of nitrogens with zero attached hydrogens (tertiary/aromatic N) is 2. The molecule has 1 N–H and O–H groups in total. The fraction of sp³-hybridized carbons (Fsp3) is 0.167. The summed E-state index contributed by atoms with van der Waals surface area (Å²) in [5, 5.41) is 4.35. The number of halogens is 2. The number of aromatic nitrogens is 2. The predicted molar refractivity (Wildman–Crippen MR) is 71.3 cm³/mol. The Morgan fingerprint density at radius 1 is 1.00 bits per heavy atom. The predicted octanol–water partition coefficient (Wildman–Crippen LogP) is 4.14. The third-order valence-corrected chi connectivity index (χ3v) is 2.93. The number of benzene rings is 1. The van der Waals surface area contributed by atoms with Crippen LogP contribution in [0.3, 0.4) is 0 Å². The summed E-state index contributed by atoms with van der Waals surface area (Å²) in [7, 11) is 0. The molecule has 0 bridgehead atoms. The van der Waals surface area contributed by atoms with E-state index in [1.165, 1.54) is 0 Å². The quantitative estimate of drug-likeness (QED) is 0.831. The van der Waals surface area contributed by atoms with Crippen molar-refractivity contribution in [3.8, 4) is 0 Å². The van der Waals surface area contributed by atoms with E-state index in [-0.39, 0.29) is 0 Å². The van der Waals surface area contributed by atoms with Crippen molar-refractivity contribution >= 4 is 34.7 Å². The number of hydrogen-bond acceptors (Lipinski definition) is 3. The topological polar surface area (TPSA) is 37.8 Å². The highest BCUT2D eigenvalue weighted by Crippen LogP contribution is 2.24. The van der Waals surface area contributed by atoms with Crippen LogP contribution in [0.1, 0.15) is 11.4 Å². The lowest BCUT2D eigenvalue weighted by Gasteiger charge is -2.10. The summed E-state index contributed by atoms with van der Waals surface area (Å²) in [6.07, 6.45) is 0. The standard InChI is InChI=1S/C12H11Cl2N3/c1-7-11(14)15-8(2)16-12(7)17-10-5-3-9(13)4-6-10/h3-6H,1-2H3,(H,15,16,17). The minimum absolute atomic E-state index is 0.467. The van der Waals surface area contributed by atoms with E-state index in [2.05, 4.69) is 15.3 Å². The highest BCUT2D eigenvalue weighted by Gasteiger charge is 2.07. The van der Waals surface area contributed by atoms with E-state index in [9.17, 15) is 0 Å². The van der Waals surface area contributed by atoms with Gasteiger partial charge >= 0.3 is 0 Å². The van der Waals surface area contributed by atoms with Crippen molar-refractivity contribution < 1.29 is 0 Å². The number of hydrogen-bond donors (Lipinski definition) is 1. The molecule has 5 heteroatoms. The number of aryl methyl sites for hydroxylation is 1. The molecule has 0 spiro atoms. The Kier molecular flexibility index (Phi) is 3.50. The highest BCUT2D eigenvalue weighted by molar-refractivity contribution is 6.30. The molecule has 0 amide bonds. The van der Waals surface area contributed by atoms with Gasteiger partial charge in [0.2, 0.25) is 0 Å². The van der Waals surface area contributed by atoms with E-state index in [1.54, 1.807) is 6.92 Å². The zero-order chi connectivity index (χ0) is 12.4. The van der Waals surface area contributed by atoms with Crippen molar-refractivity contribution in [1.29, 1.82) is 0 Å². The van der Waals surface area contributed by atoms with Crippen LogP contribution in [0, 0.1) is 13.8 Å². The van der Waals surface area contributed by atoms with Gasteiger partial charge in [-0.15, -0.1) is 0 Å². The van der Waals surface area contributed by atoms with Gasteiger partial charge in [0.05, 0.1) is 0 Å². The zero-order valence-electron chi connectivity index (χ0n) is 9.46. The summed E-state index contributed by atoms with van der Waals surface area (Å²) in [6.45, 7) is 3.68. The van der Waals surface area contributed by atoms with E-state index in [0.717, 1.165) is 11.3 Å². The molecular weight excluding hydrogens is 257 g/mol. The molecule has 0 aliphatic carbocycles. The second-order valence-electron chi connectivity index (χ2n) is 3.67. The van der Waals surface area contributed by atoms with Crippen molar-refractivity contribution in [1.82, 2.24) is 9.97 Å². The van der Waals surface area contributed by atoms with Gasteiger partial charge in [-0.1, -0.05) is 23.2 Å². The molecule has 2 rings (SSSR count). The van der Waals surface area contributed by atoms with Crippen LogP contribution in [-0.4, -0.2) is 9.97 Å². The van der Waals surface area contributed by atoms with Crippen molar-refractivity contribution in [2.45, 2.75) is 13.8 Å². The Morgan fingerprint density at radius 2 is 1.65 bits per heavy atom. The van der Waals surface area contributed by atoms with Gasteiger partial charge in [0.25, 0.3) is 0 Å². The van der Waals surface area contributed by atoms with Crippen LogP contribution in [0.4, 0.5) is 11.5 Å². The van der Waals surface area contributed by atoms with E-state index >= 15 is 0 Å². The van der Waals surface area contributed by atoms with E-state index in [0.29, 0.717) is 21.8 Å². The van der Waals surface area contributed by atoms with Gasteiger partial charge in [-0.05, 0) is 38.1 Å². The lowest BCUT2D eigenvalue weighted by Crippen LogP contribution is -2.00. The Morgan fingerprint density at radius 3 is 2.29 bits per heavy atom. The largest absolute Gasteiger partial charge is 0.340 e. The third-order valence-electron chi connectivity index (χ3n) is 2.31. The first-order valence-electron chi connectivity index (χ1n) is 5.09. The van der Waals surface area contributed by atoms with Gasteiger partial charge < -0.3 is 5.32 Å². The first-order chi connectivity index (χ1) is 8.06. The molecule has 0 saturated carbocycles. The minimum Gasteiger partial charge on any atom is -0.340 e. The molecule has 0 atom stereocenters. The van der Waals surface area contributed by atoms with Crippen molar-refractivity contribution in [2.24, 2.45) is 0 Å². The van der Waals surface area contributed by atoms with Crippen LogP contribution in [0.2, 0.25) is 10.2 Å². The zero-order valence-corrected chi connectivity index (χ0v) is 11.0. The van der Waals surface area contributed by atoms with Crippen molar-refractivity contribution in [3.63, 3.8) is 0 Å². The number of rotatable bonds is 2. The summed E-state index contributed by atoms with van der Waals surface area (Å²) in [5.41, 5.74) is 1.74. The molecule has 88 valence electrons.